The molecule has 0 spiro atoms. The van der Waals surface area contributed by atoms with Crippen molar-refractivity contribution >= 4 is 11.8 Å². The number of piperidine rings is 1. The van der Waals surface area contributed by atoms with E-state index >= 15 is 0 Å². The SMILES string of the molecule is Cc1ccc(C(=O)O)c(NCCCN2CCCC(O)C2)n1. The molecule has 0 aliphatic carbocycles. The number of carbonyl (C=O) groups is 1. The summed E-state index contributed by atoms with van der Waals surface area (Å²) in [6.07, 6.45) is 2.62. The Morgan fingerprint density at radius 1 is 1.52 bits per heavy atom. The van der Waals surface area contributed by atoms with Crippen molar-refractivity contribution in [3.8, 4) is 0 Å². The first-order chi connectivity index (χ1) is 10.1. The molecule has 6 heteroatoms. The molecule has 1 aromatic heterocycles. The molecule has 1 unspecified atom stereocenters. The molecule has 0 radical (unpaired) electrons. The van der Waals surface area contributed by atoms with E-state index in [4.69, 9.17) is 5.11 Å². The second-order valence-corrected chi connectivity index (χ2v) is 5.53. The maximum Gasteiger partial charge on any atom is 0.339 e. The van der Waals surface area contributed by atoms with E-state index in [2.05, 4.69) is 15.2 Å². The fraction of sp³-hybridized carbons (Fsp3) is 0.600. The molecule has 1 aliphatic rings. The van der Waals surface area contributed by atoms with E-state index in [1.807, 2.05) is 6.92 Å². The zero-order valence-corrected chi connectivity index (χ0v) is 12.4. The number of hydrogen-bond acceptors (Lipinski definition) is 5. The van der Waals surface area contributed by atoms with Crippen molar-refractivity contribution in [3.05, 3.63) is 23.4 Å². The fourth-order valence-corrected chi connectivity index (χ4v) is 2.61. The summed E-state index contributed by atoms with van der Waals surface area (Å²) < 4.78 is 0. The van der Waals surface area contributed by atoms with Crippen LogP contribution in [0.15, 0.2) is 12.1 Å². The molecule has 1 fully saturated rings. The van der Waals surface area contributed by atoms with Gasteiger partial charge in [0.15, 0.2) is 0 Å². The van der Waals surface area contributed by atoms with Crippen LogP contribution in [-0.2, 0) is 0 Å². The Morgan fingerprint density at radius 3 is 3.05 bits per heavy atom. The van der Waals surface area contributed by atoms with E-state index in [-0.39, 0.29) is 11.7 Å². The highest BCUT2D eigenvalue weighted by Crippen LogP contribution is 2.14. The average Bonchev–Trinajstić information content (AvgIpc) is 2.43. The van der Waals surface area contributed by atoms with Gasteiger partial charge < -0.3 is 20.4 Å². The lowest BCUT2D eigenvalue weighted by atomic mass is 10.1. The minimum absolute atomic E-state index is 0.203. The van der Waals surface area contributed by atoms with E-state index in [1.54, 1.807) is 12.1 Å². The number of likely N-dealkylation sites (tertiary alicyclic amines) is 1. The van der Waals surface area contributed by atoms with Crippen LogP contribution in [0.1, 0.15) is 35.3 Å². The number of aromatic nitrogens is 1. The van der Waals surface area contributed by atoms with Crippen LogP contribution in [0.25, 0.3) is 0 Å². The largest absolute Gasteiger partial charge is 0.478 e. The number of nitrogens with zero attached hydrogens (tertiary/aromatic N) is 2. The molecule has 116 valence electrons. The number of nitrogens with one attached hydrogen (secondary N) is 1. The van der Waals surface area contributed by atoms with Crippen LogP contribution in [0.4, 0.5) is 5.82 Å². The fourth-order valence-electron chi connectivity index (χ4n) is 2.61. The second-order valence-electron chi connectivity index (χ2n) is 5.53. The van der Waals surface area contributed by atoms with Gasteiger partial charge in [-0.1, -0.05) is 0 Å². The molecule has 1 aromatic rings. The standard InChI is InChI=1S/C15H23N3O3/c1-11-5-6-13(15(20)21)14(17-11)16-7-3-9-18-8-2-4-12(19)10-18/h5-6,12,19H,2-4,7-10H2,1H3,(H,16,17)(H,20,21). The zero-order chi connectivity index (χ0) is 15.2. The minimum Gasteiger partial charge on any atom is -0.478 e. The summed E-state index contributed by atoms with van der Waals surface area (Å²) in [6, 6.07) is 3.28. The number of carboxylic acid groups (broad SMARTS) is 1. The average molecular weight is 293 g/mol. The molecule has 0 aromatic carbocycles. The minimum atomic E-state index is -0.968. The molecule has 0 bridgehead atoms. The Balaban J connectivity index is 1.80. The number of aliphatic hydroxyl groups excluding tert-OH is 1. The predicted octanol–water partition coefficient (Wildman–Crippen LogP) is 1.35. The predicted molar refractivity (Wildman–Crippen MR) is 80.7 cm³/mol. The number of pyridine rings is 1. The van der Waals surface area contributed by atoms with Gasteiger partial charge in [-0.15, -0.1) is 0 Å². The summed E-state index contributed by atoms with van der Waals surface area (Å²) in [5.41, 5.74) is 0.996. The molecule has 3 N–H and O–H groups in total. The van der Waals surface area contributed by atoms with Crippen molar-refractivity contribution in [1.82, 2.24) is 9.88 Å². The van der Waals surface area contributed by atoms with Crippen molar-refractivity contribution in [1.29, 1.82) is 0 Å². The number of β-amino-alcohol motifs (C(OH)–C–C–N with tert-alkyl or cyclic N) is 1. The van der Waals surface area contributed by atoms with Gasteiger partial charge in [0.1, 0.15) is 11.4 Å². The van der Waals surface area contributed by atoms with Crippen LogP contribution in [0.3, 0.4) is 0 Å². The Bertz CT molecular complexity index is 493. The van der Waals surface area contributed by atoms with Crippen LogP contribution in [0.2, 0.25) is 0 Å². The van der Waals surface area contributed by atoms with Crippen molar-refractivity contribution in [2.24, 2.45) is 0 Å². The Kier molecular flexibility index (Phi) is 5.52. The summed E-state index contributed by atoms with van der Waals surface area (Å²) in [6.45, 7) is 5.18. The lowest BCUT2D eigenvalue weighted by Gasteiger charge is -2.29. The van der Waals surface area contributed by atoms with Gasteiger partial charge in [0.25, 0.3) is 0 Å². The van der Waals surface area contributed by atoms with Gasteiger partial charge in [-0.25, -0.2) is 9.78 Å². The van der Waals surface area contributed by atoms with Crippen molar-refractivity contribution in [3.63, 3.8) is 0 Å². The quantitative estimate of drug-likeness (QED) is 0.686. The van der Waals surface area contributed by atoms with Crippen LogP contribution in [-0.4, -0.2) is 58.3 Å². The maximum absolute atomic E-state index is 11.1. The van der Waals surface area contributed by atoms with Crippen molar-refractivity contribution in [2.45, 2.75) is 32.3 Å². The zero-order valence-electron chi connectivity index (χ0n) is 12.4. The number of rotatable bonds is 6. The highest BCUT2D eigenvalue weighted by Gasteiger charge is 2.17. The molecule has 1 aliphatic heterocycles. The van der Waals surface area contributed by atoms with Crippen molar-refractivity contribution < 1.29 is 15.0 Å². The normalized spacial score (nSPS) is 19.4. The van der Waals surface area contributed by atoms with Crippen LogP contribution in [0, 0.1) is 6.92 Å². The lowest BCUT2D eigenvalue weighted by Crippen LogP contribution is -2.39. The van der Waals surface area contributed by atoms with Gasteiger partial charge in [0.2, 0.25) is 0 Å². The molecule has 0 saturated carbocycles. The van der Waals surface area contributed by atoms with Crippen molar-refractivity contribution in [2.75, 3.05) is 31.5 Å². The van der Waals surface area contributed by atoms with E-state index in [1.165, 1.54) is 0 Å². The van der Waals surface area contributed by atoms with E-state index in [0.717, 1.165) is 44.6 Å². The smallest absolute Gasteiger partial charge is 0.339 e. The highest BCUT2D eigenvalue weighted by molar-refractivity contribution is 5.93. The van der Waals surface area contributed by atoms with Gasteiger partial charge in [-0.3, -0.25) is 0 Å². The summed E-state index contributed by atoms with van der Waals surface area (Å²) in [7, 11) is 0. The van der Waals surface area contributed by atoms with Crippen LogP contribution >= 0.6 is 0 Å². The van der Waals surface area contributed by atoms with Gasteiger partial charge in [0.05, 0.1) is 6.10 Å². The summed E-state index contributed by atoms with van der Waals surface area (Å²) >= 11 is 0. The third kappa shape index (κ3) is 4.68. The Labute approximate surface area is 124 Å². The molecule has 1 atom stereocenters. The number of aliphatic hydroxyl groups is 1. The molecule has 2 heterocycles. The topological polar surface area (TPSA) is 85.7 Å². The first-order valence-electron chi connectivity index (χ1n) is 7.41. The number of hydrogen-bond donors (Lipinski definition) is 3. The maximum atomic E-state index is 11.1. The first kappa shape index (κ1) is 15.7. The highest BCUT2D eigenvalue weighted by atomic mass is 16.4. The summed E-state index contributed by atoms with van der Waals surface area (Å²) in [4.78, 5) is 17.6. The lowest BCUT2D eigenvalue weighted by molar-refractivity contribution is 0.0693. The molecular weight excluding hydrogens is 270 g/mol. The Hall–Kier alpha value is -1.66. The second kappa shape index (κ2) is 7.38. The third-order valence-corrected chi connectivity index (χ3v) is 3.69. The third-order valence-electron chi connectivity index (χ3n) is 3.69. The Morgan fingerprint density at radius 2 is 2.33 bits per heavy atom. The molecule has 21 heavy (non-hydrogen) atoms. The summed E-state index contributed by atoms with van der Waals surface area (Å²) in [5, 5.41) is 21.8. The molecule has 0 amide bonds. The first-order valence-corrected chi connectivity index (χ1v) is 7.41. The van der Waals surface area contributed by atoms with Gasteiger partial charge >= 0.3 is 5.97 Å². The molecule has 1 saturated heterocycles. The van der Waals surface area contributed by atoms with Gasteiger partial charge in [-0.2, -0.15) is 0 Å². The summed E-state index contributed by atoms with van der Waals surface area (Å²) in [5.74, 6) is -0.537. The van der Waals surface area contributed by atoms with E-state index in [9.17, 15) is 9.90 Å². The molecular formula is C15H23N3O3. The van der Waals surface area contributed by atoms with Gasteiger partial charge in [0, 0.05) is 18.8 Å². The van der Waals surface area contributed by atoms with Crippen LogP contribution in [0.5, 0.6) is 0 Å². The van der Waals surface area contributed by atoms with E-state index < -0.39 is 5.97 Å². The number of aromatic carboxylic acids is 1. The van der Waals surface area contributed by atoms with E-state index in [0.29, 0.717) is 12.4 Å². The monoisotopic (exact) mass is 293 g/mol. The van der Waals surface area contributed by atoms with Gasteiger partial charge in [-0.05, 0) is 51.4 Å². The number of anilines is 1. The number of carboxylic acids is 1. The van der Waals surface area contributed by atoms with Crippen LogP contribution < -0.4 is 5.32 Å². The molecule has 2 rings (SSSR count). The number of aryl methyl sites for hydroxylation is 1. The molecule has 6 nitrogen and oxygen atoms in total.